The number of pyridine rings is 1. The van der Waals surface area contributed by atoms with Crippen LogP contribution in [0, 0.1) is 0 Å². The molecule has 0 amide bonds. The van der Waals surface area contributed by atoms with Gasteiger partial charge in [-0.15, -0.1) is 0 Å². The molecule has 1 aromatic heterocycles. The lowest BCUT2D eigenvalue weighted by Gasteiger charge is -2.22. The van der Waals surface area contributed by atoms with E-state index in [9.17, 15) is 0 Å². The first-order chi connectivity index (χ1) is 9.20. The first-order valence-electron chi connectivity index (χ1n) is 6.63. The van der Waals surface area contributed by atoms with Crippen LogP contribution in [0.2, 0.25) is 0 Å². The summed E-state index contributed by atoms with van der Waals surface area (Å²) in [5.41, 5.74) is 2.39. The van der Waals surface area contributed by atoms with E-state index in [2.05, 4.69) is 70.4 Å². The van der Waals surface area contributed by atoms with E-state index in [-0.39, 0.29) is 6.04 Å². The molecule has 0 aliphatic carbocycles. The molecule has 2 atom stereocenters. The number of hydrogen-bond acceptors (Lipinski definition) is 2. The molecule has 0 bridgehead atoms. The summed E-state index contributed by atoms with van der Waals surface area (Å²) < 4.78 is 1.11. The fourth-order valence-corrected chi connectivity index (χ4v) is 2.43. The van der Waals surface area contributed by atoms with Gasteiger partial charge in [0.05, 0.1) is 5.69 Å². The van der Waals surface area contributed by atoms with Gasteiger partial charge in [-0.05, 0) is 43.2 Å². The summed E-state index contributed by atoms with van der Waals surface area (Å²) in [5, 5.41) is 3.64. The van der Waals surface area contributed by atoms with Gasteiger partial charge in [0.2, 0.25) is 0 Å². The van der Waals surface area contributed by atoms with E-state index < -0.39 is 0 Å². The van der Waals surface area contributed by atoms with Gasteiger partial charge in [-0.2, -0.15) is 0 Å². The highest BCUT2D eigenvalue weighted by Crippen LogP contribution is 2.22. The molecule has 0 saturated carbocycles. The third-order valence-corrected chi connectivity index (χ3v) is 3.79. The van der Waals surface area contributed by atoms with Crippen LogP contribution in [-0.2, 0) is 0 Å². The molecule has 2 nitrogen and oxygen atoms in total. The molecule has 0 fully saturated rings. The van der Waals surface area contributed by atoms with Crippen molar-refractivity contribution in [1.82, 2.24) is 10.3 Å². The van der Waals surface area contributed by atoms with Crippen LogP contribution in [0.1, 0.15) is 43.6 Å². The maximum atomic E-state index is 4.40. The minimum Gasteiger partial charge on any atom is -0.302 e. The number of nitrogens with zero attached hydrogens (tertiary/aromatic N) is 1. The van der Waals surface area contributed by atoms with Gasteiger partial charge in [0.1, 0.15) is 0 Å². The van der Waals surface area contributed by atoms with E-state index in [1.54, 1.807) is 0 Å². The highest BCUT2D eigenvalue weighted by molar-refractivity contribution is 9.10. The lowest BCUT2D eigenvalue weighted by atomic mass is 10.0. The van der Waals surface area contributed by atoms with Gasteiger partial charge >= 0.3 is 0 Å². The lowest BCUT2D eigenvalue weighted by molar-refractivity contribution is 0.450. The van der Waals surface area contributed by atoms with E-state index in [1.165, 1.54) is 5.56 Å². The van der Waals surface area contributed by atoms with Crippen molar-refractivity contribution in [2.75, 3.05) is 0 Å². The Hall–Kier alpha value is -1.19. The van der Waals surface area contributed by atoms with Crippen LogP contribution in [0.4, 0.5) is 0 Å². The molecular weight excluding hydrogens is 300 g/mol. The summed E-state index contributed by atoms with van der Waals surface area (Å²) in [7, 11) is 0. The number of rotatable bonds is 5. The van der Waals surface area contributed by atoms with Gasteiger partial charge in [0, 0.05) is 22.8 Å². The SMILES string of the molecule is CCC(N[C@H](C)c1ccccn1)c1ccc(Br)cc1. The second kappa shape index (κ2) is 6.83. The van der Waals surface area contributed by atoms with Gasteiger partial charge in [0.15, 0.2) is 0 Å². The Labute approximate surface area is 123 Å². The van der Waals surface area contributed by atoms with Crippen LogP contribution in [-0.4, -0.2) is 4.98 Å². The molecule has 1 N–H and O–H groups in total. The van der Waals surface area contributed by atoms with Crippen LogP contribution in [0.25, 0.3) is 0 Å². The third kappa shape index (κ3) is 3.88. The van der Waals surface area contributed by atoms with Gasteiger partial charge in [-0.1, -0.05) is 41.1 Å². The molecule has 19 heavy (non-hydrogen) atoms. The van der Waals surface area contributed by atoms with Crippen molar-refractivity contribution in [3.05, 3.63) is 64.4 Å². The normalized spacial score (nSPS) is 14.1. The first kappa shape index (κ1) is 14.2. The molecule has 1 unspecified atom stereocenters. The van der Waals surface area contributed by atoms with Crippen LogP contribution in [0.15, 0.2) is 53.1 Å². The number of hydrogen-bond donors (Lipinski definition) is 1. The molecule has 0 aliphatic rings. The molecule has 0 radical (unpaired) electrons. The Morgan fingerprint density at radius 3 is 2.47 bits per heavy atom. The average Bonchev–Trinajstić information content (AvgIpc) is 2.46. The smallest absolute Gasteiger partial charge is 0.0570 e. The van der Waals surface area contributed by atoms with Crippen molar-refractivity contribution in [2.24, 2.45) is 0 Å². The van der Waals surface area contributed by atoms with Crippen molar-refractivity contribution >= 4 is 15.9 Å². The number of halogens is 1. The number of benzene rings is 1. The van der Waals surface area contributed by atoms with Crippen molar-refractivity contribution < 1.29 is 0 Å². The zero-order chi connectivity index (χ0) is 13.7. The summed E-state index contributed by atoms with van der Waals surface area (Å²) in [4.78, 5) is 4.40. The number of aromatic nitrogens is 1. The van der Waals surface area contributed by atoms with Crippen LogP contribution >= 0.6 is 15.9 Å². The lowest BCUT2D eigenvalue weighted by Crippen LogP contribution is -2.24. The topological polar surface area (TPSA) is 24.9 Å². The van der Waals surface area contributed by atoms with Crippen molar-refractivity contribution in [3.8, 4) is 0 Å². The molecule has 2 rings (SSSR count). The van der Waals surface area contributed by atoms with Crippen molar-refractivity contribution in [2.45, 2.75) is 32.4 Å². The molecule has 0 saturated heterocycles. The Bertz CT molecular complexity index is 496. The second-order valence-electron chi connectivity index (χ2n) is 4.66. The van der Waals surface area contributed by atoms with Crippen LogP contribution in [0.3, 0.4) is 0 Å². The third-order valence-electron chi connectivity index (χ3n) is 3.26. The summed E-state index contributed by atoms with van der Waals surface area (Å²) in [6.45, 7) is 4.36. The standard InChI is InChI=1S/C16H19BrN2/c1-3-15(13-7-9-14(17)10-8-13)19-12(2)16-6-4-5-11-18-16/h4-12,15,19H,3H2,1-2H3/t12-,15?/m1/s1. The summed E-state index contributed by atoms with van der Waals surface area (Å²) in [6, 6.07) is 15.1. The maximum Gasteiger partial charge on any atom is 0.0570 e. The Morgan fingerprint density at radius 1 is 1.16 bits per heavy atom. The minimum atomic E-state index is 0.245. The highest BCUT2D eigenvalue weighted by atomic mass is 79.9. The predicted octanol–water partition coefficient (Wildman–Crippen LogP) is 4.65. The Morgan fingerprint density at radius 2 is 1.89 bits per heavy atom. The average molecular weight is 319 g/mol. The zero-order valence-electron chi connectivity index (χ0n) is 11.3. The second-order valence-corrected chi connectivity index (χ2v) is 5.57. The minimum absolute atomic E-state index is 0.245. The van der Waals surface area contributed by atoms with E-state index in [4.69, 9.17) is 0 Å². The molecule has 1 aromatic carbocycles. The van der Waals surface area contributed by atoms with Gasteiger partial charge in [0.25, 0.3) is 0 Å². The molecule has 2 aromatic rings. The molecule has 0 spiro atoms. The molecule has 1 heterocycles. The Kier molecular flexibility index (Phi) is 5.11. The monoisotopic (exact) mass is 318 g/mol. The first-order valence-corrected chi connectivity index (χ1v) is 7.42. The molecule has 100 valence electrons. The molecule has 3 heteroatoms. The van der Waals surface area contributed by atoms with Gasteiger partial charge in [-0.25, -0.2) is 0 Å². The summed E-state index contributed by atoms with van der Waals surface area (Å²) in [6.07, 6.45) is 2.90. The van der Waals surface area contributed by atoms with Crippen LogP contribution < -0.4 is 5.32 Å². The van der Waals surface area contributed by atoms with Crippen LogP contribution in [0.5, 0.6) is 0 Å². The van der Waals surface area contributed by atoms with E-state index >= 15 is 0 Å². The highest BCUT2D eigenvalue weighted by Gasteiger charge is 2.14. The molecule has 0 aliphatic heterocycles. The van der Waals surface area contributed by atoms with Crippen molar-refractivity contribution in [1.29, 1.82) is 0 Å². The Balaban J connectivity index is 2.09. The summed E-state index contributed by atoms with van der Waals surface area (Å²) >= 11 is 3.47. The quantitative estimate of drug-likeness (QED) is 0.868. The van der Waals surface area contributed by atoms with E-state index in [1.807, 2.05) is 18.3 Å². The fourth-order valence-electron chi connectivity index (χ4n) is 2.16. The number of nitrogens with one attached hydrogen (secondary N) is 1. The summed E-state index contributed by atoms with van der Waals surface area (Å²) in [5.74, 6) is 0. The van der Waals surface area contributed by atoms with Gasteiger partial charge < -0.3 is 5.32 Å². The van der Waals surface area contributed by atoms with Gasteiger partial charge in [-0.3, -0.25) is 4.98 Å². The predicted molar refractivity (Wildman–Crippen MR) is 83.0 cm³/mol. The molecular formula is C16H19BrN2. The largest absolute Gasteiger partial charge is 0.302 e. The maximum absolute atomic E-state index is 4.40. The van der Waals surface area contributed by atoms with Crippen molar-refractivity contribution in [3.63, 3.8) is 0 Å². The zero-order valence-corrected chi connectivity index (χ0v) is 12.9. The fraction of sp³-hybridized carbons (Fsp3) is 0.312. The van der Waals surface area contributed by atoms with E-state index in [0.717, 1.165) is 16.6 Å². The van der Waals surface area contributed by atoms with E-state index in [0.29, 0.717) is 6.04 Å².